The molecule has 2 rings (SSSR count). The molecule has 2 atom stereocenters. The SMILES string of the molecule is CN(C)NC(=O)[C@@H]1CC[C@@H]2CN1C(=O)N2O. The van der Waals surface area contributed by atoms with Gasteiger partial charge in [-0.15, -0.1) is 0 Å². The van der Waals surface area contributed by atoms with Crippen LogP contribution in [0.2, 0.25) is 0 Å². The normalized spacial score (nSPS) is 28.9. The topological polar surface area (TPSA) is 76.1 Å². The van der Waals surface area contributed by atoms with Crippen molar-refractivity contribution < 1.29 is 14.8 Å². The van der Waals surface area contributed by atoms with Gasteiger partial charge in [0.1, 0.15) is 6.04 Å². The number of urea groups is 1. The molecule has 0 aromatic rings. The molecule has 0 saturated carbocycles. The summed E-state index contributed by atoms with van der Waals surface area (Å²) in [6.07, 6.45) is 1.25. The van der Waals surface area contributed by atoms with E-state index < -0.39 is 12.1 Å². The zero-order valence-electron chi connectivity index (χ0n) is 9.38. The quantitative estimate of drug-likeness (QED) is 0.481. The van der Waals surface area contributed by atoms with Crippen LogP contribution in [0.4, 0.5) is 4.79 Å². The standard InChI is InChI=1S/C9H16N4O3/c1-11(2)10-8(14)7-4-3-6-5-12(7)9(15)13(6)16/h6-7,16H,3-5H2,1-2H3,(H,10,14)/t6-,7+/m1/s1. The van der Waals surface area contributed by atoms with Gasteiger partial charge in [-0.1, -0.05) is 0 Å². The van der Waals surface area contributed by atoms with E-state index >= 15 is 0 Å². The largest absolute Gasteiger partial charge is 0.344 e. The average molecular weight is 228 g/mol. The molecule has 0 spiro atoms. The van der Waals surface area contributed by atoms with E-state index in [0.717, 1.165) is 5.06 Å². The van der Waals surface area contributed by atoms with Gasteiger partial charge in [0.15, 0.2) is 0 Å². The number of nitrogens with zero attached hydrogens (tertiary/aromatic N) is 3. The Morgan fingerprint density at radius 3 is 2.81 bits per heavy atom. The minimum Gasteiger partial charge on any atom is -0.309 e. The first-order valence-electron chi connectivity index (χ1n) is 5.27. The summed E-state index contributed by atoms with van der Waals surface area (Å²) in [4.78, 5) is 24.8. The molecule has 0 aromatic carbocycles. The second kappa shape index (κ2) is 3.91. The van der Waals surface area contributed by atoms with Crippen LogP contribution >= 0.6 is 0 Å². The lowest BCUT2D eigenvalue weighted by atomic mass is 10.0. The Kier molecular flexibility index (Phi) is 2.73. The van der Waals surface area contributed by atoms with Crippen molar-refractivity contribution in [3.8, 4) is 0 Å². The van der Waals surface area contributed by atoms with Crippen molar-refractivity contribution in [3.05, 3.63) is 0 Å². The van der Waals surface area contributed by atoms with Gasteiger partial charge in [0, 0.05) is 20.6 Å². The molecule has 0 aromatic heterocycles. The molecule has 0 radical (unpaired) electrons. The summed E-state index contributed by atoms with van der Waals surface area (Å²) in [5, 5.41) is 11.7. The van der Waals surface area contributed by atoms with Gasteiger partial charge in [-0.3, -0.25) is 15.4 Å². The summed E-state index contributed by atoms with van der Waals surface area (Å²) >= 11 is 0. The third-order valence-electron chi connectivity index (χ3n) is 2.98. The molecule has 0 aliphatic carbocycles. The van der Waals surface area contributed by atoms with Crippen LogP contribution in [0.25, 0.3) is 0 Å². The average Bonchev–Trinajstić information content (AvgIpc) is 2.43. The van der Waals surface area contributed by atoms with E-state index in [1.165, 1.54) is 4.90 Å². The molecule has 2 saturated heterocycles. The fourth-order valence-corrected chi connectivity index (χ4v) is 2.22. The van der Waals surface area contributed by atoms with Crippen LogP contribution in [0.3, 0.4) is 0 Å². The van der Waals surface area contributed by atoms with E-state index in [2.05, 4.69) is 5.43 Å². The highest BCUT2D eigenvalue weighted by atomic mass is 16.5. The van der Waals surface area contributed by atoms with Crippen LogP contribution in [-0.2, 0) is 4.79 Å². The highest BCUT2D eigenvalue weighted by Gasteiger charge is 2.46. The van der Waals surface area contributed by atoms with Crippen LogP contribution in [0.15, 0.2) is 0 Å². The van der Waals surface area contributed by atoms with Crippen LogP contribution < -0.4 is 5.43 Å². The third-order valence-corrected chi connectivity index (χ3v) is 2.98. The second-order valence-electron chi connectivity index (χ2n) is 4.40. The van der Waals surface area contributed by atoms with Crippen molar-refractivity contribution in [1.29, 1.82) is 0 Å². The number of piperidine rings is 1. The number of carbonyl (C=O) groups excluding carboxylic acids is 2. The van der Waals surface area contributed by atoms with Crippen LogP contribution in [-0.4, -0.2) is 64.8 Å². The van der Waals surface area contributed by atoms with Crippen LogP contribution in [0.1, 0.15) is 12.8 Å². The van der Waals surface area contributed by atoms with Crippen LogP contribution in [0, 0.1) is 0 Å². The predicted molar refractivity (Wildman–Crippen MR) is 54.4 cm³/mol. The lowest BCUT2D eigenvalue weighted by molar-refractivity contribution is -0.129. The van der Waals surface area contributed by atoms with Gasteiger partial charge in [-0.05, 0) is 12.8 Å². The summed E-state index contributed by atoms with van der Waals surface area (Å²) in [7, 11) is 3.43. The summed E-state index contributed by atoms with van der Waals surface area (Å²) < 4.78 is 0. The molecule has 2 heterocycles. The Morgan fingerprint density at radius 2 is 2.19 bits per heavy atom. The number of hydroxylamine groups is 2. The smallest absolute Gasteiger partial charge is 0.309 e. The predicted octanol–water partition coefficient (Wildman–Crippen LogP) is -0.763. The number of nitrogens with one attached hydrogen (secondary N) is 1. The maximum Gasteiger partial charge on any atom is 0.344 e. The first-order chi connectivity index (χ1) is 7.50. The number of hydrogen-bond acceptors (Lipinski definition) is 4. The zero-order chi connectivity index (χ0) is 11.9. The number of fused-ring (bicyclic) bond motifs is 2. The third kappa shape index (κ3) is 1.72. The molecule has 2 aliphatic rings. The summed E-state index contributed by atoms with van der Waals surface area (Å²) in [6, 6.07) is -1.10. The molecule has 2 aliphatic heterocycles. The molecule has 2 fully saturated rings. The van der Waals surface area contributed by atoms with Gasteiger partial charge in [-0.2, -0.15) is 0 Å². The van der Waals surface area contributed by atoms with Gasteiger partial charge in [0.2, 0.25) is 0 Å². The lowest BCUT2D eigenvalue weighted by Gasteiger charge is -2.30. The van der Waals surface area contributed by atoms with Crippen molar-refractivity contribution in [2.24, 2.45) is 0 Å². The zero-order valence-corrected chi connectivity index (χ0v) is 9.38. The number of hydrogen-bond donors (Lipinski definition) is 2. The van der Waals surface area contributed by atoms with Crippen molar-refractivity contribution >= 4 is 11.9 Å². The van der Waals surface area contributed by atoms with Gasteiger partial charge in [0.05, 0.1) is 6.04 Å². The first kappa shape index (κ1) is 11.2. The number of rotatable bonds is 2. The molecule has 2 N–H and O–H groups in total. The number of amides is 3. The lowest BCUT2D eigenvalue weighted by Crippen LogP contribution is -2.52. The summed E-state index contributed by atoms with van der Waals surface area (Å²) in [5.74, 6) is -0.202. The minimum absolute atomic E-state index is 0.157. The van der Waals surface area contributed by atoms with E-state index in [1.54, 1.807) is 19.1 Å². The summed E-state index contributed by atoms with van der Waals surface area (Å²) in [6.45, 7) is 0.431. The molecule has 7 nitrogen and oxygen atoms in total. The molecule has 16 heavy (non-hydrogen) atoms. The van der Waals surface area contributed by atoms with E-state index in [9.17, 15) is 14.8 Å². The fraction of sp³-hybridized carbons (Fsp3) is 0.778. The highest BCUT2D eigenvalue weighted by Crippen LogP contribution is 2.28. The summed E-state index contributed by atoms with van der Waals surface area (Å²) in [5.41, 5.74) is 2.63. The number of hydrazine groups is 1. The molecule has 90 valence electrons. The highest BCUT2D eigenvalue weighted by molar-refractivity contribution is 5.88. The molecule has 0 unspecified atom stereocenters. The first-order valence-corrected chi connectivity index (χ1v) is 5.27. The Hall–Kier alpha value is -1.34. The molecule has 3 amide bonds. The van der Waals surface area contributed by atoms with E-state index in [0.29, 0.717) is 19.4 Å². The van der Waals surface area contributed by atoms with Gasteiger partial charge >= 0.3 is 6.03 Å². The van der Waals surface area contributed by atoms with Crippen LogP contribution in [0.5, 0.6) is 0 Å². The Morgan fingerprint density at radius 1 is 1.50 bits per heavy atom. The van der Waals surface area contributed by atoms with Crippen molar-refractivity contribution in [3.63, 3.8) is 0 Å². The fourth-order valence-electron chi connectivity index (χ4n) is 2.22. The molecular formula is C9H16N4O3. The maximum atomic E-state index is 11.8. The Balaban J connectivity index is 2.07. The molecule has 7 heteroatoms. The van der Waals surface area contributed by atoms with E-state index in [1.807, 2.05) is 0 Å². The van der Waals surface area contributed by atoms with Gasteiger partial charge < -0.3 is 4.90 Å². The second-order valence-corrected chi connectivity index (χ2v) is 4.40. The van der Waals surface area contributed by atoms with E-state index in [4.69, 9.17) is 0 Å². The van der Waals surface area contributed by atoms with Crippen molar-refractivity contribution in [2.45, 2.75) is 24.9 Å². The molecular weight excluding hydrogens is 212 g/mol. The van der Waals surface area contributed by atoms with Crippen molar-refractivity contribution in [1.82, 2.24) is 20.4 Å². The van der Waals surface area contributed by atoms with E-state index in [-0.39, 0.29) is 11.9 Å². The number of carbonyl (C=O) groups is 2. The van der Waals surface area contributed by atoms with Gasteiger partial charge in [0.25, 0.3) is 5.91 Å². The minimum atomic E-state index is -0.471. The Labute approximate surface area is 93.5 Å². The molecule has 2 bridgehead atoms. The van der Waals surface area contributed by atoms with Crippen molar-refractivity contribution in [2.75, 3.05) is 20.6 Å². The van der Waals surface area contributed by atoms with Gasteiger partial charge in [-0.25, -0.2) is 14.9 Å². The monoisotopic (exact) mass is 228 g/mol. The maximum absolute atomic E-state index is 11.8. The Bertz CT molecular complexity index is 320.